The molecule has 1 amide bonds. The van der Waals surface area contributed by atoms with Crippen LogP contribution in [-0.2, 0) is 11.3 Å². The monoisotopic (exact) mass is 499 g/mol. The fourth-order valence-corrected chi connectivity index (χ4v) is 4.28. The van der Waals surface area contributed by atoms with Crippen molar-refractivity contribution in [3.05, 3.63) is 91.7 Å². The maximum absolute atomic E-state index is 12.7. The van der Waals surface area contributed by atoms with Crippen molar-refractivity contribution in [3.8, 4) is 0 Å². The lowest BCUT2D eigenvalue weighted by atomic mass is 10.2. The van der Waals surface area contributed by atoms with Crippen LogP contribution in [0.3, 0.4) is 0 Å². The van der Waals surface area contributed by atoms with Gasteiger partial charge in [-0.3, -0.25) is 14.9 Å². The van der Waals surface area contributed by atoms with Crippen LogP contribution in [0.25, 0.3) is 6.08 Å². The highest BCUT2D eigenvalue weighted by molar-refractivity contribution is 6.31. The van der Waals surface area contributed by atoms with Gasteiger partial charge >= 0.3 is 0 Å². The van der Waals surface area contributed by atoms with E-state index in [2.05, 4.69) is 10.00 Å². The highest BCUT2D eigenvalue weighted by Gasteiger charge is 2.21. The van der Waals surface area contributed by atoms with E-state index in [4.69, 9.17) is 23.2 Å². The lowest BCUT2D eigenvalue weighted by Crippen LogP contribution is -2.48. The number of hydrogen-bond acceptors (Lipinski definition) is 5. The Morgan fingerprint density at radius 3 is 2.32 bits per heavy atom. The molecule has 176 valence electrons. The minimum atomic E-state index is -0.415. The Bertz CT molecular complexity index is 1210. The van der Waals surface area contributed by atoms with Crippen LogP contribution >= 0.6 is 23.2 Å². The number of aromatic nitrogens is 2. The lowest BCUT2D eigenvalue weighted by Gasteiger charge is -2.35. The average Bonchev–Trinajstić information content (AvgIpc) is 3.11. The van der Waals surface area contributed by atoms with Gasteiger partial charge in [-0.1, -0.05) is 35.3 Å². The molecule has 8 nitrogen and oxygen atoms in total. The maximum Gasteiger partial charge on any atom is 0.269 e. The van der Waals surface area contributed by atoms with Crippen LogP contribution in [0.1, 0.15) is 16.8 Å². The van der Waals surface area contributed by atoms with E-state index in [9.17, 15) is 14.9 Å². The van der Waals surface area contributed by atoms with Crippen molar-refractivity contribution in [1.29, 1.82) is 0 Å². The summed E-state index contributed by atoms with van der Waals surface area (Å²) in [6, 6.07) is 14.0. The van der Waals surface area contributed by atoms with E-state index in [1.807, 2.05) is 31.2 Å². The van der Waals surface area contributed by atoms with Gasteiger partial charge in [-0.25, -0.2) is 4.68 Å². The van der Waals surface area contributed by atoms with Crippen LogP contribution in [-0.4, -0.2) is 51.7 Å². The minimum Gasteiger partial charge on any atom is -0.368 e. The molecule has 0 spiro atoms. The second-order valence-electron chi connectivity index (χ2n) is 7.99. The number of halogens is 2. The number of nitrogens with zero attached hydrogens (tertiary/aromatic N) is 5. The van der Waals surface area contributed by atoms with Gasteiger partial charge in [-0.05, 0) is 42.8 Å². The number of anilines is 1. The van der Waals surface area contributed by atoms with Crippen LogP contribution < -0.4 is 4.90 Å². The van der Waals surface area contributed by atoms with E-state index >= 15 is 0 Å². The van der Waals surface area contributed by atoms with Gasteiger partial charge < -0.3 is 9.80 Å². The number of carbonyl (C=O) groups is 1. The molecule has 0 aliphatic carbocycles. The molecule has 10 heteroatoms. The van der Waals surface area contributed by atoms with E-state index in [1.54, 1.807) is 27.8 Å². The molecule has 34 heavy (non-hydrogen) atoms. The van der Waals surface area contributed by atoms with Crippen molar-refractivity contribution in [2.45, 2.75) is 13.5 Å². The topological polar surface area (TPSA) is 84.5 Å². The fraction of sp³-hybridized carbons (Fsp3) is 0.250. The summed E-state index contributed by atoms with van der Waals surface area (Å²) in [5, 5.41) is 16.5. The third-order valence-corrected chi connectivity index (χ3v) is 6.42. The molecule has 2 aromatic carbocycles. The molecule has 0 radical (unpaired) electrons. The molecule has 0 bridgehead atoms. The molecular weight excluding hydrogens is 477 g/mol. The minimum absolute atomic E-state index is 0.0631. The van der Waals surface area contributed by atoms with Crippen LogP contribution in [0.5, 0.6) is 0 Å². The first-order valence-electron chi connectivity index (χ1n) is 10.8. The Morgan fingerprint density at radius 1 is 1.06 bits per heavy atom. The van der Waals surface area contributed by atoms with E-state index in [0.29, 0.717) is 48.5 Å². The van der Waals surface area contributed by atoms with E-state index < -0.39 is 4.92 Å². The number of non-ortho nitro benzene ring substituents is 1. The molecule has 3 aromatic rings. The largest absolute Gasteiger partial charge is 0.368 e. The van der Waals surface area contributed by atoms with Gasteiger partial charge in [0.2, 0.25) is 5.91 Å². The normalized spacial score (nSPS) is 14.1. The highest BCUT2D eigenvalue weighted by Crippen LogP contribution is 2.24. The highest BCUT2D eigenvalue weighted by atomic mass is 35.5. The first kappa shape index (κ1) is 23.8. The van der Waals surface area contributed by atoms with E-state index in [-0.39, 0.29) is 11.6 Å². The SMILES string of the molecule is Cc1nn(Cc2ccc(Cl)cc2)c(Cl)c1/C=C/C(=O)N1CCN(c2ccc([N+](=O)[O-])cc2)CC1. The Kier molecular flexibility index (Phi) is 7.19. The Hall–Kier alpha value is -3.36. The second kappa shape index (κ2) is 10.3. The fourth-order valence-electron chi connectivity index (χ4n) is 3.85. The second-order valence-corrected chi connectivity index (χ2v) is 8.79. The number of amides is 1. The third-order valence-electron chi connectivity index (χ3n) is 5.76. The van der Waals surface area contributed by atoms with Crippen molar-refractivity contribution < 1.29 is 9.72 Å². The number of rotatable bonds is 6. The zero-order chi connectivity index (χ0) is 24.2. The zero-order valence-corrected chi connectivity index (χ0v) is 20.0. The van der Waals surface area contributed by atoms with Crippen molar-refractivity contribution in [2.24, 2.45) is 0 Å². The molecule has 0 saturated carbocycles. The van der Waals surface area contributed by atoms with Gasteiger partial charge in [0.15, 0.2) is 0 Å². The number of benzene rings is 2. The Labute approximate surface area is 207 Å². The van der Waals surface area contributed by atoms with Crippen LogP contribution in [0.15, 0.2) is 54.6 Å². The van der Waals surface area contributed by atoms with Gasteiger partial charge in [0.25, 0.3) is 5.69 Å². The summed E-state index contributed by atoms with van der Waals surface area (Å²) < 4.78 is 1.70. The summed E-state index contributed by atoms with van der Waals surface area (Å²) >= 11 is 12.5. The Balaban J connectivity index is 1.36. The molecule has 1 aromatic heterocycles. The third kappa shape index (κ3) is 5.40. The molecule has 0 atom stereocenters. The summed E-state index contributed by atoms with van der Waals surface area (Å²) in [6.45, 7) is 4.78. The van der Waals surface area contributed by atoms with Gasteiger partial charge in [-0.15, -0.1) is 0 Å². The molecule has 1 aliphatic heterocycles. The Morgan fingerprint density at radius 2 is 1.71 bits per heavy atom. The van der Waals surface area contributed by atoms with Crippen molar-refractivity contribution in [3.63, 3.8) is 0 Å². The summed E-state index contributed by atoms with van der Waals surface area (Å²) in [7, 11) is 0. The number of nitro benzene ring substituents is 1. The first-order chi connectivity index (χ1) is 16.3. The number of aryl methyl sites for hydroxylation is 1. The van der Waals surface area contributed by atoms with E-state index in [1.165, 1.54) is 18.2 Å². The molecule has 1 saturated heterocycles. The van der Waals surface area contributed by atoms with Gasteiger partial charge in [0.1, 0.15) is 5.15 Å². The summed E-state index contributed by atoms with van der Waals surface area (Å²) in [5.74, 6) is -0.0933. The first-order valence-corrected chi connectivity index (χ1v) is 11.5. The molecule has 1 fully saturated rings. The van der Waals surface area contributed by atoms with Gasteiger partial charge in [0, 0.05) is 60.7 Å². The predicted octanol–water partition coefficient (Wildman–Crippen LogP) is 4.82. The standard InChI is InChI=1S/C24H23Cl2N5O3/c1-17-22(24(26)30(27-17)16-18-2-4-19(25)5-3-18)10-11-23(32)29-14-12-28(13-15-29)20-6-8-21(9-7-20)31(33)34/h2-11H,12-16H2,1H3/b11-10+. The molecule has 0 N–H and O–H groups in total. The van der Waals surface area contributed by atoms with Crippen LogP contribution in [0, 0.1) is 17.0 Å². The summed E-state index contributed by atoms with van der Waals surface area (Å²) in [5.41, 5.74) is 3.45. The maximum atomic E-state index is 12.7. The van der Waals surface area contributed by atoms with Crippen molar-refractivity contribution >= 4 is 46.6 Å². The molecule has 4 rings (SSSR count). The van der Waals surface area contributed by atoms with Crippen molar-refractivity contribution in [2.75, 3.05) is 31.1 Å². The smallest absolute Gasteiger partial charge is 0.269 e. The lowest BCUT2D eigenvalue weighted by molar-refractivity contribution is -0.384. The molecule has 1 aliphatic rings. The molecular formula is C24H23Cl2N5O3. The molecule has 2 heterocycles. The summed E-state index contributed by atoms with van der Waals surface area (Å²) in [4.78, 5) is 27.1. The summed E-state index contributed by atoms with van der Waals surface area (Å²) in [6.07, 6.45) is 3.25. The van der Waals surface area contributed by atoms with Crippen LogP contribution in [0.4, 0.5) is 11.4 Å². The molecule has 0 unspecified atom stereocenters. The number of carbonyl (C=O) groups excluding carboxylic acids is 1. The predicted molar refractivity (Wildman–Crippen MR) is 133 cm³/mol. The van der Waals surface area contributed by atoms with Gasteiger partial charge in [0.05, 0.1) is 17.2 Å². The van der Waals surface area contributed by atoms with Gasteiger partial charge in [-0.2, -0.15) is 5.10 Å². The average molecular weight is 500 g/mol. The number of nitro groups is 1. The number of piperazine rings is 1. The quantitative estimate of drug-likeness (QED) is 0.275. The van der Waals surface area contributed by atoms with Crippen molar-refractivity contribution in [1.82, 2.24) is 14.7 Å². The van der Waals surface area contributed by atoms with Crippen LogP contribution in [0.2, 0.25) is 10.2 Å². The van der Waals surface area contributed by atoms with E-state index in [0.717, 1.165) is 16.9 Å². The number of hydrogen-bond donors (Lipinski definition) is 0. The zero-order valence-electron chi connectivity index (χ0n) is 18.5.